The fraction of sp³-hybridized carbons (Fsp3) is 0.318. The van der Waals surface area contributed by atoms with Crippen molar-refractivity contribution in [1.82, 2.24) is 14.5 Å². The van der Waals surface area contributed by atoms with Crippen LogP contribution in [0.4, 0.5) is 23.4 Å². The second-order valence-electron chi connectivity index (χ2n) is 7.87. The molecule has 7 nitrogen and oxygen atoms in total. The summed E-state index contributed by atoms with van der Waals surface area (Å²) < 4.78 is 64.6. The summed E-state index contributed by atoms with van der Waals surface area (Å²) in [6.45, 7) is 1.63. The SMILES string of the molecule is O=c1nc(OCc2ccc(Oc3ccc(F)c(C(F)(F)F)c3)nc2)cc2n1CC1CCCN21. The molecular formula is C22H18F4N4O3. The quantitative estimate of drug-likeness (QED) is 0.531. The van der Waals surface area contributed by atoms with E-state index >= 15 is 0 Å². The third kappa shape index (κ3) is 4.22. The van der Waals surface area contributed by atoms with Crippen LogP contribution in [-0.4, -0.2) is 27.1 Å². The van der Waals surface area contributed by atoms with Gasteiger partial charge in [-0.05, 0) is 37.1 Å². The average molecular weight is 462 g/mol. The van der Waals surface area contributed by atoms with E-state index in [1.54, 1.807) is 16.7 Å². The summed E-state index contributed by atoms with van der Waals surface area (Å²) in [4.78, 5) is 22.6. The predicted molar refractivity (Wildman–Crippen MR) is 109 cm³/mol. The largest absolute Gasteiger partial charge is 0.473 e. The Labute approximate surface area is 185 Å². The van der Waals surface area contributed by atoms with Crippen LogP contribution < -0.4 is 20.1 Å². The van der Waals surface area contributed by atoms with Crippen molar-refractivity contribution in [2.24, 2.45) is 0 Å². The molecule has 0 spiro atoms. The Morgan fingerprint density at radius 1 is 1.12 bits per heavy atom. The zero-order chi connectivity index (χ0) is 23.2. The van der Waals surface area contributed by atoms with Gasteiger partial charge in [-0.1, -0.05) is 0 Å². The highest BCUT2D eigenvalue weighted by atomic mass is 19.4. The number of pyridine rings is 1. The van der Waals surface area contributed by atoms with Crippen molar-refractivity contribution in [3.05, 3.63) is 70.0 Å². The molecule has 33 heavy (non-hydrogen) atoms. The number of fused-ring (bicyclic) bond motifs is 3. The molecule has 0 radical (unpaired) electrons. The fourth-order valence-electron chi connectivity index (χ4n) is 4.11. The smallest absolute Gasteiger partial charge is 0.419 e. The number of hydrogen-bond acceptors (Lipinski definition) is 6. The maximum Gasteiger partial charge on any atom is 0.419 e. The zero-order valence-electron chi connectivity index (χ0n) is 17.2. The van der Waals surface area contributed by atoms with E-state index in [1.807, 2.05) is 0 Å². The first-order chi connectivity index (χ1) is 15.8. The summed E-state index contributed by atoms with van der Waals surface area (Å²) in [6, 6.07) is 7.52. The van der Waals surface area contributed by atoms with Gasteiger partial charge in [-0.2, -0.15) is 18.2 Å². The molecule has 1 aromatic carbocycles. The van der Waals surface area contributed by atoms with Crippen LogP contribution in [0.25, 0.3) is 0 Å². The standard InChI is InChI=1S/C22H18F4N4O3/c23-17-5-4-15(8-16(17)22(24,25)26)33-18-6-3-13(10-27-18)12-32-19-9-20-29-7-1-2-14(29)11-30(20)21(31)28-19/h3-6,8-10,14H,1-2,7,11-12H2. The van der Waals surface area contributed by atoms with Crippen molar-refractivity contribution in [3.8, 4) is 17.5 Å². The number of nitrogens with zero attached hydrogens (tertiary/aromatic N) is 4. The van der Waals surface area contributed by atoms with Crippen molar-refractivity contribution in [1.29, 1.82) is 0 Å². The Hall–Kier alpha value is -3.63. The Kier molecular flexibility index (Phi) is 5.18. The fourth-order valence-corrected chi connectivity index (χ4v) is 4.11. The van der Waals surface area contributed by atoms with E-state index in [4.69, 9.17) is 9.47 Å². The van der Waals surface area contributed by atoms with Crippen molar-refractivity contribution in [3.63, 3.8) is 0 Å². The Bertz CT molecular complexity index is 1240. The molecule has 1 fully saturated rings. The molecule has 4 heterocycles. The highest BCUT2D eigenvalue weighted by molar-refractivity contribution is 5.48. The summed E-state index contributed by atoms with van der Waals surface area (Å²) in [5.74, 6) is -0.511. The highest BCUT2D eigenvalue weighted by Crippen LogP contribution is 2.35. The van der Waals surface area contributed by atoms with Gasteiger partial charge in [0.15, 0.2) is 0 Å². The van der Waals surface area contributed by atoms with Crippen LogP contribution in [0.2, 0.25) is 0 Å². The van der Waals surface area contributed by atoms with Crippen molar-refractivity contribution in [2.75, 3.05) is 11.4 Å². The van der Waals surface area contributed by atoms with Gasteiger partial charge in [-0.25, -0.2) is 14.2 Å². The Morgan fingerprint density at radius 3 is 2.73 bits per heavy atom. The molecule has 0 amide bonds. The van der Waals surface area contributed by atoms with Gasteiger partial charge in [0.25, 0.3) is 0 Å². The first-order valence-electron chi connectivity index (χ1n) is 10.3. The molecule has 1 atom stereocenters. The van der Waals surface area contributed by atoms with Crippen LogP contribution in [0, 0.1) is 5.82 Å². The summed E-state index contributed by atoms with van der Waals surface area (Å²) in [5, 5.41) is 0. The van der Waals surface area contributed by atoms with E-state index in [1.165, 1.54) is 12.3 Å². The Balaban J connectivity index is 1.25. The van der Waals surface area contributed by atoms with Crippen LogP contribution in [0.5, 0.6) is 17.5 Å². The van der Waals surface area contributed by atoms with E-state index in [0.29, 0.717) is 30.3 Å². The van der Waals surface area contributed by atoms with Gasteiger partial charge >= 0.3 is 11.9 Å². The first kappa shape index (κ1) is 21.2. The summed E-state index contributed by atoms with van der Waals surface area (Å²) in [6.07, 6.45) is -1.26. The van der Waals surface area contributed by atoms with Gasteiger partial charge in [-0.3, -0.25) is 4.57 Å². The van der Waals surface area contributed by atoms with Crippen molar-refractivity contribution in [2.45, 2.75) is 38.2 Å². The van der Waals surface area contributed by atoms with Crippen LogP contribution in [0.15, 0.2) is 47.4 Å². The molecule has 1 saturated heterocycles. The van der Waals surface area contributed by atoms with Crippen LogP contribution >= 0.6 is 0 Å². The lowest BCUT2D eigenvalue weighted by Crippen LogP contribution is -2.24. The van der Waals surface area contributed by atoms with Gasteiger partial charge in [0.2, 0.25) is 11.8 Å². The zero-order valence-corrected chi connectivity index (χ0v) is 17.2. The number of alkyl halides is 3. The normalized spacial score (nSPS) is 17.1. The molecule has 5 rings (SSSR count). The molecule has 0 aliphatic carbocycles. The first-order valence-corrected chi connectivity index (χ1v) is 10.3. The van der Waals surface area contributed by atoms with Gasteiger partial charge in [0.1, 0.15) is 24.0 Å². The number of benzene rings is 1. The summed E-state index contributed by atoms with van der Waals surface area (Å²) in [7, 11) is 0. The topological polar surface area (TPSA) is 69.5 Å². The molecule has 3 aromatic rings. The molecular weight excluding hydrogens is 444 g/mol. The van der Waals surface area contributed by atoms with Crippen molar-refractivity contribution >= 4 is 5.82 Å². The van der Waals surface area contributed by atoms with E-state index in [0.717, 1.165) is 31.3 Å². The molecule has 2 aliphatic rings. The minimum Gasteiger partial charge on any atom is -0.473 e. The molecule has 172 valence electrons. The monoisotopic (exact) mass is 462 g/mol. The second kappa shape index (κ2) is 8.05. The lowest BCUT2D eigenvalue weighted by molar-refractivity contribution is -0.140. The number of anilines is 1. The number of hydrogen-bond donors (Lipinski definition) is 0. The summed E-state index contributed by atoms with van der Waals surface area (Å²) in [5.41, 5.74) is -1.13. The maximum atomic E-state index is 13.4. The molecule has 0 bridgehead atoms. The summed E-state index contributed by atoms with van der Waals surface area (Å²) >= 11 is 0. The third-order valence-corrected chi connectivity index (χ3v) is 5.68. The molecule has 0 saturated carbocycles. The molecule has 11 heteroatoms. The number of ether oxygens (including phenoxy) is 2. The van der Waals surface area contributed by atoms with Crippen LogP contribution in [0.3, 0.4) is 0 Å². The number of aromatic nitrogens is 3. The minimum atomic E-state index is -4.83. The van der Waals surface area contributed by atoms with E-state index in [9.17, 15) is 22.4 Å². The van der Waals surface area contributed by atoms with Gasteiger partial charge in [0.05, 0.1) is 5.56 Å². The van der Waals surface area contributed by atoms with E-state index in [-0.39, 0.29) is 29.8 Å². The van der Waals surface area contributed by atoms with E-state index < -0.39 is 17.6 Å². The van der Waals surface area contributed by atoms with E-state index in [2.05, 4.69) is 14.9 Å². The third-order valence-electron chi connectivity index (χ3n) is 5.68. The Morgan fingerprint density at radius 2 is 1.97 bits per heavy atom. The van der Waals surface area contributed by atoms with Crippen LogP contribution in [-0.2, 0) is 19.3 Å². The number of halogens is 4. The lowest BCUT2D eigenvalue weighted by Gasteiger charge is -2.17. The minimum absolute atomic E-state index is 0.0347. The molecule has 2 aromatic heterocycles. The molecule has 2 aliphatic heterocycles. The van der Waals surface area contributed by atoms with Crippen molar-refractivity contribution < 1.29 is 27.0 Å². The average Bonchev–Trinajstić information content (AvgIpc) is 3.36. The van der Waals surface area contributed by atoms with Crippen LogP contribution in [0.1, 0.15) is 24.0 Å². The van der Waals surface area contributed by atoms with Gasteiger partial charge < -0.3 is 14.4 Å². The van der Waals surface area contributed by atoms with Gasteiger partial charge in [-0.15, -0.1) is 0 Å². The predicted octanol–water partition coefficient (Wildman–Crippen LogP) is 4.15. The van der Waals surface area contributed by atoms with Gasteiger partial charge in [0, 0.05) is 43.0 Å². The molecule has 0 N–H and O–H groups in total. The lowest BCUT2D eigenvalue weighted by atomic mass is 10.2. The molecule has 1 unspecified atom stereocenters. The highest BCUT2D eigenvalue weighted by Gasteiger charge is 2.35. The number of rotatable bonds is 5. The maximum absolute atomic E-state index is 13.4. The second-order valence-corrected chi connectivity index (χ2v) is 7.87.